The van der Waals surface area contributed by atoms with Crippen molar-refractivity contribution in [1.82, 2.24) is 9.62 Å². The Morgan fingerprint density at radius 1 is 1.04 bits per heavy atom. The summed E-state index contributed by atoms with van der Waals surface area (Å²) in [6, 6.07) is 18.2. The van der Waals surface area contributed by atoms with Crippen LogP contribution in [0.1, 0.15) is 17.9 Å². The van der Waals surface area contributed by atoms with Crippen LogP contribution in [0.4, 0.5) is 0 Å². The van der Waals surface area contributed by atoms with E-state index >= 15 is 0 Å². The molecule has 3 rings (SSSR count). The third-order valence-electron chi connectivity index (χ3n) is 5.01. The summed E-state index contributed by atoms with van der Waals surface area (Å²) in [7, 11) is -3.59. The predicted octanol–water partition coefficient (Wildman–Crippen LogP) is 1.56. The Morgan fingerprint density at radius 2 is 1.67 bits per heavy atom. The van der Waals surface area contributed by atoms with E-state index in [2.05, 4.69) is 16.9 Å². The second-order valence-electron chi connectivity index (χ2n) is 6.77. The lowest BCUT2D eigenvalue weighted by Crippen LogP contribution is -2.33. The molecule has 0 spiro atoms. The smallest absolute Gasteiger partial charge is 0.240 e. The van der Waals surface area contributed by atoms with E-state index in [1.54, 1.807) is 23.1 Å². The molecule has 0 aliphatic carbocycles. The number of nitrogens with one attached hydrogen (secondary N) is 1. The van der Waals surface area contributed by atoms with Crippen LogP contribution in [0.2, 0.25) is 0 Å². The molecule has 1 aliphatic heterocycles. The summed E-state index contributed by atoms with van der Waals surface area (Å²) in [6.07, 6.45) is 0.130. The monoisotopic (exact) mass is 387 g/mol. The van der Waals surface area contributed by atoms with Crippen LogP contribution in [0, 0.1) is 5.92 Å². The summed E-state index contributed by atoms with van der Waals surface area (Å²) in [4.78, 5) is 14.6. The zero-order valence-corrected chi connectivity index (χ0v) is 15.9. The number of benzene rings is 2. The molecule has 1 aliphatic rings. The van der Waals surface area contributed by atoms with Crippen LogP contribution in [-0.4, -0.2) is 45.4 Å². The number of carbonyl (C=O) groups excluding carboxylic acids is 1. The highest BCUT2D eigenvalue weighted by Crippen LogP contribution is 2.32. The fraction of sp³-hybridized carbons (Fsp3) is 0.350. The molecule has 1 heterocycles. The van der Waals surface area contributed by atoms with Crippen LogP contribution in [-0.2, 0) is 14.8 Å². The van der Waals surface area contributed by atoms with Crippen molar-refractivity contribution in [3.63, 3.8) is 0 Å². The average Bonchev–Trinajstić information content (AvgIpc) is 3.14. The van der Waals surface area contributed by atoms with Gasteiger partial charge < -0.3 is 10.6 Å². The Labute approximate surface area is 160 Å². The molecule has 1 amide bonds. The second-order valence-corrected chi connectivity index (χ2v) is 8.54. The Kier molecular flexibility index (Phi) is 6.26. The van der Waals surface area contributed by atoms with E-state index in [-0.39, 0.29) is 35.6 Å². The van der Waals surface area contributed by atoms with Gasteiger partial charge in [0, 0.05) is 32.0 Å². The van der Waals surface area contributed by atoms with Crippen molar-refractivity contribution in [3.8, 4) is 0 Å². The molecular formula is C20H25N3O3S. The summed E-state index contributed by atoms with van der Waals surface area (Å²) in [5, 5.41) is 0. The quantitative estimate of drug-likeness (QED) is 0.754. The molecule has 144 valence electrons. The van der Waals surface area contributed by atoms with Gasteiger partial charge in [0.25, 0.3) is 0 Å². The van der Waals surface area contributed by atoms with Crippen molar-refractivity contribution in [2.75, 3.05) is 26.2 Å². The largest absolute Gasteiger partial charge is 0.342 e. The molecule has 0 saturated carbocycles. The maximum Gasteiger partial charge on any atom is 0.240 e. The van der Waals surface area contributed by atoms with E-state index in [1.165, 1.54) is 17.7 Å². The number of rotatable bonds is 7. The van der Waals surface area contributed by atoms with Crippen molar-refractivity contribution < 1.29 is 13.2 Å². The third-order valence-corrected chi connectivity index (χ3v) is 6.49. The fourth-order valence-electron chi connectivity index (χ4n) is 3.53. The van der Waals surface area contributed by atoms with Crippen LogP contribution in [0.3, 0.4) is 0 Å². The molecule has 3 N–H and O–H groups in total. The molecule has 0 bridgehead atoms. The summed E-state index contributed by atoms with van der Waals surface area (Å²) < 4.78 is 26.9. The Morgan fingerprint density at radius 3 is 2.30 bits per heavy atom. The molecule has 1 saturated heterocycles. The number of carbonyl (C=O) groups is 1. The van der Waals surface area contributed by atoms with Crippen molar-refractivity contribution in [1.29, 1.82) is 0 Å². The first-order chi connectivity index (χ1) is 13.0. The molecule has 2 atom stereocenters. The van der Waals surface area contributed by atoms with Crippen molar-refractivity contribution in [2.24, 2.45) is 11.7 Å². The number of hydrogen-bond donors (Lipinski definition) is 2. The topological polar surface area (TPSA) is 92.5 Å². The number of hydrogen-bond acceptors (Lipinski definition) is 4. The van der Waals surface area contributed by atoms with Gasteiger partial charge in [-0.05, 0) is 30.2 Å². The molecule has 7 heteroatoms. The highest BCUT2D eigenvalue weighted by Gasteiger charge is 2.35. The second kappa shape index (κ2) is 8.65. The highest BCUT2D eigenvalue weighted by atomic mass is 32.2. The van der Waals surface area contributed by atoms with Gasteiger partial charge >= 0.3 is 0 Å². The normalized spacial score (nSPS) is 20.0. The lowest BCUT2D eigenvalue weighted by atomic mass is 9.89. The zero-order valence-electron chi connectivity index (χ0n) is 15.1. The molecular weight excluding hydrogens is 362 g/mol. The lowest BCUT2D eigenvalue weighted by molar-refractivity contribution is -0.130. The number of sulfonamides is 1. The molecule has 2 aromatic carbocycles. The van der Waals surface area contributed by atoms with Crippen LogP contribution >= 0.6 is 0 Å². The van der Waals surface area contributed by atoms with Gasteiger partial charge in [-0.15, -0.1) is 0 Å². The van der Waals surface area contributed by atoms with Crippen LogP contribution in [0.5, 0.6) is 0 Å². The minimum atomic E-state index is -3.59. The van der Waals surface area contributed by atoms with Crippen LogP contribution < -0.4 is 10.5 Å². The standard InChI is InChI=1S/C20H25N3O3S/c21-13-17-14-23(15-19(17)16-7-3-1-4-8-16)20(24)11-12-22-27(25,26)18-9-5-2-6-10-18/h1-10,17,19,22H,11-15,21H2/t17-,19+/m1/s1. The average molecular weight is 388 g/mol. The van der Waals surface area contributed by atoms with Crippen molar-refractivity contribution >= 4 is 15.9 Å². The predicted molar refractivity (Wildman–Crippen MR) is 105 cm³/mol. The Hall–Kier alpha value is -2.22. The number of nitrogens with two attached hydrogens (primary N) is 1. The molecule has 0 radical (unpaired) electrons. The maximum absolute atomic E-state index is 12.6. The molecule has 0 aromatic heterocycles. The van der Waals surface area contributed by atoms with Gasteiger partial charge in [0.1, 0.15) is 0 Å². The van der Waals surface area contributed by atoms with Gasteiger partial charge in [0.15, 0.2) is 0 Å². The van der Waals surface area contributed by atoms with Crippen LogP contribution in [0.15, 0.2) is 65.6 Å². The van der Waals surface area contributed by atoms with Gasteiger partial charge in [0.05, 0.1) is 4.90 Å². The first-order valence-corrected chi connectivity index (χ1v) is 10.6. The van der Waals surface area contributed by atoms with E-state index in [9.17, 15) is 13.2 Å². The first-order valence-electron chi connectivity index (χ1n) is 9.09. The third kappa shape index (κ3) is 4.74. The van der Waals surface area contributed by atoms with Gasteiger partial charge in [-0.3, -0.25) is 4.79 Å². The zero-order chi connectivity index (χ0) is 19.3. The first kappa shape index (κ1) is 19.5. The molecule has 6 nitrogen and oxygen atoms in total. The van der Waals surface area contributed by atoms with Gasteiger partial charge in [-0.2, -0.15) is 0 Å². The van der Waals surface area contributed by atoms with Gasteiger partial charge in [-0.25, -0.2) is 13.1 Å². The Bertz CT molecular complexity index is 857. The van der Waals surface area contributed by atoms with Crippen LogP contribution in [0.25, 0.3) is 0 Å². The summed E-state index contributed by atoms with van der Waals surface area (Å²) in [5.74, 6) is 0.390. The maximum atomic E-state index is 12.6. The van der Waals surface area contributed by atoms with E-state index in [4.69, 9.17) is 5.73 Å². The summed E-state index contributed by atoms with van der Waals surface area (Å²) in [5.41, 5.74) is 7.10. The van der Waals surface area contributed by atoms with Gasteiger partial charge in [0.2, 0.25) is 15.9 Å². The van der Waals surface area contributed by atoms with E-state index in [1.807, 2.05) is 18.2 Å². The number of likely N-dealkylation sites (tertiary alicyclic amines) is 1. The van der Waals surface area contributed by atoms with Gasteiger partial charge in [-0.1, -0.05) is 48.5 Å². The molecule has 1 fully saturated rings. The fourth-order valence-corrected chi connectivity index (χ4v) is 4.58. The lowest BCUT2D eigenvalue weighted by Gasteiger charge is -2.17. The highest BCUT2D eigenvalue weighted by molar-refractivity contribution is 7.89. The SMILES string of the molecule is NC[C@@H]1CN(C(=O)CCNS(=O)(=O)c2ccccc2)C[C@H]1c1ccccc1. The Balaban J connectivity index is 1.56. The summed E-state index contributed by atoms with van der Waals surface area (Å²) in [6.45, 7) is 1.83. The number of amides is 1. The van der Waals surface area contributed by atoms with E-state index in [0.717, 1.165) is 0 Å². The van der Waals surface area contributed by atoms with E-state index < -0.39 is 10.0 Å². The molecule has 27 heavy (non-hydrogen) atoms. The summed E-state index contributed by atoms with van der Waals surface area (Å²) >= 11 is 0. The molecule has 2 aromatic rings. The number of nitrogens with zero attached hydrogens (tertiary/aromatic N) is 1. The van der Waals surface area contributed by atoms with Crippen molar-refractivity contribution in [2.45, 2.75) is 17.2 Å². The minimum Gasteiger partial charge on any atom is -0.342 e. The molecule has 0 unspecified atom stereocenters. The van der Waals surface area contributed by atoms with Crippen molar-refractivity contribution in [3.05, 3.63) is 66.2 Å². The van der Waals surface area contributed by atoms with E-state index in [0.29, 0.717) is 19.6 Å². The minimum absolute atomic E-state index is 0.0531.